The summed E-state index contributed by atoms with van der Waals surface area (Å²) in [6.45, 7) is 0.516. The van der Waals surface area contributed by atoms with E-state index in [-0.39, 0.29) is 0 Å². The van der Waals surface area contributed by atoms with E-state index in [0.717, 1.165) is 11.1 Å². The average Bonchev–Trinajstić information content (AvgIpc) is 2.55. The fourth-order valence-corrected chi connectivity index (χ4v) is 2.14. The second-order valence-electron chi connectivity index (χ2n) is 4.74. The molecule has 0 N–H and O–H groups in total. The molecule has 100 valence electrons. The van der Waals surface area contributed by atoms with Crippen LogP contribution in [0.15, 0.2) is 77.8 Å². The van der Waals surface area contributed by atoms with Gasteiger partial charge in [-0.25, -0.2) is 0 Å². The van der Waals surface area contributed by atoms with Crippen molar-refractivity contribution in [2.24, 2.45) is 4.99 Å². The monoisotopic (exact) mass is 269 g/mol. The third-order valence-electron chi connectivity index (χ3n) is 3.19. The van der Waals surface area contributed by atoms with Crippen molar-refractivity contribution in [1.82, 2.24) is 0 Å². The zero-order valence-electron chi connectivity index (χ0n) is 11.7. The van der Waals surface area contributed by atoms with Crippen LogP contribution in [-0.2, 0) is 0 Å². The van der Waals surface area contributed by atoms with Crippen LogP contribution in [0.3, 0.4) is 0 Å². The van der Waals surface area contributed by atoms with Crippen molar-refractivity contribution in [3.8, 4) is 11.8 Å². The first-order chi connectivity index (χ1) is 10.4. The van der Waals surface area contributed by atoms with Crippen LogP contribution >= 0.6 is 0 Å². The summed E-state index contributed by atoms with van der Waals surface area (Å²) in [5.41, 5.74) is 2.13. The minimum Gasteiger partial charge on any atom is -0.280 e. The Labute approximate surface area is 125 Å². The lowest BCUT2D eigenvalue weighted by Crippen LogP contribution is -1.82. The summed E-state index contributed by atoms with van der Waals surface area (Å²) in [4.78, 5) is 4.32. The summed E-state index contributed by atoms with van der Waals surface area (Å²) >= 11 is 0. The van der Waals surface area contributed by atoms with E-state index >= 15 is 0 Å². The molecule has 3 aromatic carbocycles. The van der Waals surface area contributed by atoms with Crippen molar-refractivity contribution in [1.29, 1.82) is 0 Å². The van der Waals surface area contributed by atoms with Gasteiger partial charge in [0.2, 0.25) is 0 Å². The van der Waals surface area contributed by atoms with Crippen LogP contribution in [0.4, 0.5) is 0 Å². The summed E-state index contributed by atoms with van der Waals surface area (Å²) < 4.78 is 0. The number of nitrogens with zero attached hydrogens (tertiary/aromatic N) is 1. The molecule has 0 aliphatic carbocycles. The highest BCUT2D eigenvalue weighted by Gasteiger charge is 1.92. The van der Waals surface area contributed by atoms with Gasteiger partial charge in [-0.3, -0.25) is 4.99 Å². The Bertz CT molecular complexity index is 820. The lowest BCUT2D eigenvalue weighted by molar-refractivity contribution is 1.30. The molecule has 0 saturated carbocycles. The zero-order chi connectivity index (χ0) is 14.3. The predicted molar refractivity (Wildman–Crippen MR) is 89.7 cm³/mol. The van der Waals surface area contributed by atoms with E-state index in [2.05, 4.69) is 47.2 Å². The molecule has 0 heterocycles. The van der Waals surface area contributed by atoms with E-state index in [0.29, 0.717) is 6.54 Å². The largest absolute Gasteiger partial charge is 0.280 e. The van der Waals surface area contributed by atoms with Crippen LogP contribution in [0, 0.1) is 11.8 Å². The summed E-state index contributed by atoms with van der Waals surface area (Å²) in [7, 11) is 0. The molecule has 0 aliphatic rings. The zero-order valence-corrected chi connectivity index (χ0v) is 11.7. The smallest absolute Gasteiger partial charge is 0.100 e. The minimum absolute atomic E-state index is 0.516. The van der Waals surface area contributed by atoms with Crippen molar-refractivity contribution in [3.63, 3.8) is 0 Å². The first-order valence-corrected chi connectivity index (χ1v) is 6.94. The molecule has 0 saturated heterocycles. The van der Waals surface area contributed by atoms with Gasteiger partial charge in [-0.1, -0.05) is 72.5 Å². The quantitative estimate of drug-likeness (QED) is 0.485. The topological polar surface area (TPSA) is 12.4 Å². The van der Waals surface area contributed by atoms with Crippen molar-refractivity contribution < 1.29 is 0 Å². The van der Waals surface area contributed by atoms with E-state index in [1.807, 2.05) is 48.7 Å². The predicted octanol–water partition coefficient (Wildman–Crippen LogP) is 4.31. The van der Waals surface area contributed by atoms with Gasteiger partial charge >= 0.3 is 0 Å². The maximum atomic E-state index is 4.32. The molecule has 3 aromatic rings. The summed E-state index contributed by atoms with van der Waals surface area (Å²) in [5, 5.41) is 2.46. The van der Waals surface area contributed by atoms with Gasteiger partial charge in [0.15, 0.2) is 0 Å². The SMILES string of the molecule is C(#Cc1ccc2ccccc2c1)CN=Cc1ccccc1. The molecule has 0 bridgehead atoms. The summed E-state index contributed by atoms with van der Waals surface area (Å²) in [6, 6.07) is 24.6. The first kappa shape index (κ1) is 13.1. The number of aliphatic imine (C=N–C) groups is 1. The fourth-order valence-electron chi connectivity index (χ4n) is 2.14. The number of hydrogen-bond donors (Lipinski definition) is 0. The van der Waals surface area contributed by atoms with Crippen molar-refractivity contribution in [3.05, 3.63) is 83.9 Å². The second kappa shape index (κ2) is 6.54. The summed E-state index contributed by atoms with van der Waals surface area (Å²) in [5.74, 6) is 6.25. The molecule has 0 fully saturated rings. The number of fused-ring (bicyclic) bond motifs is 1. The second-order valence-corrected chi connectivity index (χ2v) is 4.74. The van der Waals surface area contributed by atoms with E-state index in [1.165, 1.54) is 10.8 Å². The molecular formula is C20H15N. The van der Waals surface area contributed by atoms with Gasteiger partial charge in [0.25, 0.3) is 0 Å². The van der Waals surface area contributed by atoms with Gasteiger partial charge in [0.05, 0.1) is 0 Å². The molecule has 1 nitrogen and oxygen atoms in total. The molecule has 0 radical (unpaired) electrons. The number of benzene rings is 3. The molecule has 0 aliphatic heterocycles. The molecule has 0 spiro atoms. The highest BCUT2D eigenvalue weighted by molar-refractivity contribution is 5.83. The maximum absolute atomic E-state index is 4.32. The Morgan fingerprint density at radius 2 is 1.57 bits per heavy atom. The van der Waals surface area contributed by atoms with Gasteiger partial charge < -0.3 is 0 Å². The maximum Gasteiger partial charge on any atom is 0.100 e. The molecule has 0 atom stereocenters. The molecule has 0 aromatic heterocycles. The standard InChI is InChI=1S/C20H15N/c1-2-7-18(8-3-1)16-21-14-6-9-17-12-13-19-10-4-5-11-20(19)15-17/h1-5,7-8,10-13,15-16H,14H2. The van der Waals surface area contributed by atoms with Gasteiger partial charge in [0, 0.05) is 11.8 Å². The Morgan fingerprint density at radius 1 is 0.810 bits per heavy atom. The van der Waals surface area contributed by atoms with Crippen LogP contribution < -0.4 is 0 Å². The van der Waals surface area contributed by atoms with E-state index in [4.69, 9.17) is 0 Å². The van der Waals surface area contributed by atoms with E-state index < -0.39 is 0 Å². The van der Waals surface area contributed by atoms with E-state index in [1.54, 1.807) is 0 Å². The lowest BCUT2D eigenvalue weighted by Gasteiger charge is -1.97. The van der Waals surface area contributed by atoms with E-state index in [9.17, 15) is 0 Å². The summed E-state index contributed by atoms with van der Waals surface area (Å²) in [6.07, 6.45) is 1.86. The third-order valence-corrected chi connectivity index (χ3v) is 3.19. The van der Waals surface area contributed by atoms with Crippen molar-refractivity contribution >= 4 is 17.0 Å². The van der Waals surface area contributed by atoms with Gasteiger partial charge in [-0.15, -0.1) is 0 Å². The molecule has 0 amide bonds. The molecular weight excluding hydrogens is 254 g/mol. The molecule has 0 unspecified atom stereocenters. The molecule has 3 rings (SSSR count). The highest BCUT2D eigenvalue weighted by atomic mass is 14.7. The van der Waals surface area contributed by atoms with Gasteiger partial charge in [-0.2, -0.15) is 0 Å². The Kier molecular flexibility index (Phi) is 4.10. The number of hydrogen-bond acceptors (Lipinski definition) is 1. The lowest BCUT2D eigenvalue weighted by atomic mass is 10.1. The van der Waals surface area contributed by atoms with Crippen LogP contribution in [0.5, 0.6) is 0 Å². The van der Waals surface area contributed by atoms with Crippen molar-refractivity contribution in [2.45, 2.75) is 0 Å². The number of rotatable bonds is 2. The van der Waals surface area contributed by atoms with Crippen LogP contribution in [-0.4, -0.2) is 12.8 Å². The molecule has 21 heavy (non-hydrogen) atoms. The minimum atomic E-state index is 0.516. The highest BCUT2D eigenvalue weighted by Crippen LogP contribution is 2.14. The van der Waals surface area contributed by atoms with Crippen molar-refractivity contribution in [2.75, 3.05) is 6.54 Å². The van der Waals surface area contributed by atoms with Gasteiger partial charge in [-0.05, 0) is 28.5 Å². The van der Waals surface area contributed by atoms with Crippen LogP contribution in [0.2, 0.25) is 0 Å². The normalized spacial score (nSPS) is 10.5. The Balaban J connectivity index is 1.67. The Morgan fingerprint density at radius 3 is 2.43 bits per heavy atom. The fraction of sp³-hybridized carbons (Fsp3) is 0.0500. The molecule has 1 heteroatoms. The third kappa shape index (κ3) is 3.58. The Hall–Kier alpha value is -2.85. The average molecular weight is 269 g/mol. The van der Waals surface area contributed by atoms with Crippen LogP contribution in [0.1, 0.15) is 11.1 Å². The van der Waals surface area contributed by atoms with Crippen LogP contribution in [0.25, 0.3) is 10.8 Å². The first-order valence-electron chi connectivity index (χ1n) is 6.94. The van der Waals surface area contributed by atoms with Gasteiger partial charge in [0.1, 0.15) is 6.54 Å².